The molecule has 2 aromatic rings. The number of aromatic nitrogens is 1. The average molecular weight is 274 g/mol. The minimum Gasteiger partial charge on any atom is -0.480 e. The van der Waals surface area contributed by atoms with Crippen LogP contribution >= 0.6 is 0 Å². The molecule has 104 valence electrons. The lowest BCUT2D eigenvalue weighted by molar-refractivity contribution is -0.141. The highest BCUT2D eigenvalue weighted by Gasteiger charge is 2.20. The lowest BCUT2D eigenvalue weighted by Gasteiger charge is -2.16. The lowest BCUT2D eigenvalue weighted by Crippen LogP contribution is -2.44. The summed E-state index contributed by atoms with van der Waals surface area (Å²) >= 11 is 0. The molecule has 2 N–H and O–H groups in total. The molecule has 1 aromatic heterocycles. The van der Waals surface area contributed by atoms with Crippen molar-refractivity contribution in [2.45, 2.75) is 19.5 Å². The Bertz CT molecular complexity index is 720. The van der Waals surface area contributed by atoms with Gasteiger partial charge in [-0.2, -0.15) is 0 Å². The number of hydrogen-bond donors (Lipinski definition) is 2. The zero-order chi connectivity index (χ0) is 14.7. The second-order valence-electron chi connectivity index (χ2n) is 4.43. The fourth-order valence-electron chi connectivity index (χ4n) is 2.05. The number of pyridine rings is 1. The van der Waals surface area contributed by atoms with Gasteiger partial charge in [0.2, 0.25) is 5.91 Å². The van der Waals surface area contributed by atoms with Crippen LogP contribution in [0.15, 0.2) is 41.2 Å². The quantitative estimate of drug-likeness (QED) is 0.854. The van der Waals surface area contributed by atoms with Crippen molar-refractivity contribution in [3.8, 4) is 0 Å². The van der Waals surface area contributed by atoms with Gasteiger partial charge in [-0.15, -0.1) is 0 Å². The largest absolute Gasteiger partial charge is 0.480 e. The van der Waals surface area contributed by atoms with E-state index in [1.807, 2.05) is 12.1 Å². The minimum absolute atomic E-state index is 0.116. The molecule has 1 unspecified atom stereocenters. The van der Waals surface area contributed by atoms with Crippen LogP contribution in [-0.2, 0) is 16.1 Å². The number of fused-ring (bicyclic) bond motifs is 1. The number of rotatable bonds is 4. The Morgan fingerprint density at radius 3 is 2.60 bits per heavy atom. The molecule has 1 atom stereocenters. The van der Waals surface area contributed by atoms with Gasteiger partial charge in [0, 0.05) is 13.0 Å². The molecule has 0 saturated heterocycles. The molecule has 0 aliphatic rings. The summed E-state index contributed by atoms with van der Waals surface area (Å²) in [4.78, 5) is 34.1. The average Bonchev–Trinajstić information content (AvgIpc) is 2.40. The Hall–Kier alpha value is -2.63. The maximum Gasteiger partial charge on any atom is 0.328 e. The molecule has 1 heterocycles. The highest BCUT2D eigenvalue weighted by molar-refractivity contribution is 5.83. The van der Waals surface area contributed by atoms with Crippen LogP contribution in [0.3, 0.4) is 0 Å². The van der Waals surface area contributed by atoms with Crippen LogP contribution in [-0.4, -0.2) is 27.6 Å². The van der Waals surface area contributed by atoms with Crippen LogP contribution in [0.25, 0.3) is 10.9 Å². The van der Waals surface area contributed by atoms with Gasteiger partial charge in [0.05, 0.1) is 12.1 Å². The smallest absolute Gasteiger partial charge is 0.328 e. The first-order valence-corrected chi connectivity index (χ1v) is 6.07. The fourth-order valence-corrected chi connectivity index (χ4v) is 2.05. The molecule has 0 radical (unpaired) electrons. The van der Waals surface area contributed by atoms with E-state index in [1.165, 1.54) is 17.6 Å². The first-order chi connectivity index (χ1) is 9.49. The monoisotopic (exact) mass is 274 g/mol. The predicted molar refractivity (Wildman–Crippen MR) is 73.4 cm³/mol. The summed E-state index contributed by atoms with van der Waals surface area (Å²) in [5, 5.41) is 12.3. The van der Waals surface area contributed by atoms with Crippen molar-refractivity contribution in [1.82, 2.24) is 9.88 Å². The van der Waals surface area contributed by atoms with E-state index in [1.54, 1.807) is 18.2 Å². The number of aliphatic carboxylic acids is 1. The van der Waals surface area contributed by atoms with E-state index < -0.39 is 17.9 Å². The van der Waals surface area contributed by atoms with E-state index >= 15 is 0 Å². The van der Waals surface area contributed by atoms with E-state index in [9.17, 15) is 14.4 Å². The summed E-state index contributed by atoms with van der Waals surface area (Å²) in [6, 6.07) is 9.10. The maximum atomic E-state index is 11.9. The first kappa shape index (κ1) is 13.8. The van der Waals surface area contributed by atoms with Gasteiger partial charge in [-0.3, -0.25) is 9.59 Å². The number of hydrogen-bond acceptors (Lipinski definition) is 3. The van der Waals surface area contributed by atoms with Crippen molar-refractivity contribution in [2.75, 3.05) is 0 Å². The summed E-state index contributed by atoms with van der Waals surface area (Å²) in [6.45, 7) is 1.12. The summed E-state index contributed by atoms with van der Waals surface area (Å²) in [5.74, 6) is -1.63. The summed E-state index contributed by atoms with van der Waals surface area (Å²) in [7, 11) is 0. The number of nitrogens with one attached hydrogen (secondary N) is 1. The Labute approximate surface area is 114 Å². The summed E-state index contributed by atoms with van der Waals surface area (Å²) in [5.41, 5.74) is 0.330. The molecule has 0 saturated carbocycles. The van der Waals surface area contributed by atoms with Gasteiger partial charge in [0.25, 0.3) is 5.56 Å². The van der Waals surface area contributed by atoms with Crippen LogP contribution < -0.4 is 10.9 Å². The predicted octanol–water partition coefficient (Wildman–Crippen LogP) is 0.591. The molecule has 1 aromatic carbocycles. The molecule has 1 amide bonds. The van der Waals surface area contributed by atoms with Crippen LogP contribution in [0, 0.1) is 0 Å². The van der Waals surface area contributed by atoms with Crippen LogP contribution in [0.4, 0.5) is 0 Å². The molecule has 0 bridgehead atoms. The third-order valence-electron chi connectivity index (χ3n) is 2.94. The molecular formula is C14H14N2O4. The van der Waals surface area contributed by atoms with Gasteiger partial charge in [0.1, 0.15) is 6.04 Å². The zero-order valence-corrected chi connectivity index (χ0v) is 10.9. The molecule has 0 spiro atoms. The zero-order valence-electron chi connectivity index (χ0n) is 10.9. The summed E-state index contributed by atoms with van der Waals surface area (Å²) < 4.78 is 1.35. The van der Waals surface area contributed by atoms with Gasteiger partial charge in [-0.05, 0) is 17.5 Å². The van der Waals surface area contributed by atoms with Crippen LogP contribution in [0.5, 0.6) is 0 Å². The molecule has 6 heteroatoms. The van der Waals surface area contributed by atoms with Crippen molar-refractivity contribution in [2.24, 2.45) is 0 Å². The van der Waals surface area contributed by atoms with Gasteiger partial charge in [0.15, 0.2) is 0 Å². The SMILES string of the molecule is CC(=O)NC(Cn1c(=O)ccc2ccccc21)C(=O)O. The van der Waals surface area contributed by atoms with Gasteiger partial charge in [-0.25, -0.2) is 4.79 Å². The highest BCUT2D eigenvalue weighted by atomic mass is 16.4. The number of nitrogens with zero attached hydrogens (tertiary/aromatic N) is 1. The number of carboxylic acids is 1. The second kappa shape index (κ2) is 5.56. The van der Waals surface area contributed by atoms with Crippen molar-refractivity contribution in [1.29, 1.82) is 0 Å². The maximum absolute atomic E-state index is 11.9. The number of carboxylic acid groups (broad SMARTS) is 1. The molecule has 6 nitrogen and oxygen atoms in total. The van der Waals surface area contributed by atoms with Crippen molar-refractivity contribution >= 4 is 22.8 Å². The van der Waals surface area contributed by atoms with Crippen molar-refractivity contribution < 1.29 is 14.7 Å². The van der Waals surface area contributed by atoms with Gasteiger partial charge in [-0.1, -0.05) is 18.2 Å². The molecule has 2 rings (SSSR count). The van der Waals surface area contributed by atoms with E-state index in [0.29, 0.717) is 5.52 Å². The molecule has 0 aliphatic carbocycles. The molecule has 0 fully saturated rings. The second-order valence-corrected chi connectivity index (χ2v) is 4.43. The topological polar surface area (TPSA) is 88.4 Å². The van der Waals surface area contributed by atoms with Crippen LogP contribution in [0.2, 0.25) is 0 Å². The third kappa shape index (κ3) is 2.85. The molecule has 0 aliphatic heterocycles. The number of benzene rings is 1. The number of amides is 1. The first-order valence-electron chi connectivity index (χ1n) is 6.07. The standard InChI is InChI=1S/C14H14N2O4/c1-9(17)15-11(14(19)20)8-16-12-5-3-2-4-10(12)6-7-13(16)18/h2-7,11H,8H2,1H3,(H,15,17)(H,19,20). The Morgan fingerprint density at radius 1 is 1.25 bits per heavy atom. The highest BCUT2D eigenvalue weighted by Crippen LogP contribution is 2.11. The van der Waals surface area contributed by atoms with Crippen molar-refractivity contribution in [3.05, 3.63) is 46.8 Å². The molecule has 20 heavy (non-hydrogen) atoms. The lowest BCUT2D eigenvalue weighted by atomic mass is 10.2. The molecular weight excluding hydrogens is 260 g/mol. The Kier molecular flexibility index (Phi) is 3.84. The normalized spacial score (nSPS) is 12.1. The number of carbonyl (C=O) groups excluding carboxylic acids is 1. The van der Waals surface area contributed by atoms with Gasteiger partial charge < -0.3 is 15.0 Å². The number of para-hydroxylation sites is 1. The van der Waals surface area contributed by atoms with E-state index in [-0.39, 0.29) is 12.1 Å². The van der Waals surface area contributed by atoms with E-state index in [2.05, 4.69) is 5.32 Å². The van der Waals surface area contributed by atoms with E-state index in [0.717, 1.165) is 5.39 Å². The van der Waals surface area contributed by atoms with Crippen molar-refractivity contribution in [3.63, 3.8) is 0 Å². The number of carbonyl (C=O) groups is 2. The summed E-state index contributed by atoms with van der Waals surface area (Å²) in [6.07, 6.45) is 0. The van der Waals surface area contributed by atoms with Gasteiger partial charge >= 0.3 is 5.97 Å². The minimum atomic E-state index is -1.18. The van der Waals surface area contributed by atoms with E-state index in [4.69, 9.17) is 5.11 Å². The Balaban J connectivity index is 2.46. The third-order valence-corrected chi connectivity index (χ3v) is 2.94. The van der Waals surface area contributed by atoms with Crippen LogP contribution in [0.1, 0.15) is 6.92 Å². The fraction of sp³-hybridized carbons (Fsp3) is 0.214. The Morgan fingerprint density at radius 2 is 1.95 bits per heavy atom.